The molecule has 2 saturated heterocycles. The minimum atomic E-state index is -0.416. The Labute approximate surface area is 116 Å². The van der Waals surface area contributed by atoms with Crippen molar-refractivity contribution in [2.24, 2.45) is 5.92 Å². The first-order chi connectivity index (χ1) is 9.15. The number of nitrogens with one attached hydrogen (secondary N) is 1. The number of rotatable bonds is 2. The van der Waals surface area contributed by atoms with Crippen molar-refractivity contribution in [2.75, 3.05) is 24.5 Å². The van der Waals surface area contributed by atoms with Gasteiger partial charge in [0.05, 0.1) is 15.6 Å². The third-order valence-electron chi connectivity index (χ3n) is 4.08. The summed E-state index contributed by atoms with van der Waals surface area (Å²) in [5.74, 6) is 0.667. The monoisotopic (exact) mass is 281 g/mol. The van der Waals surface area contributed by atoms with Crippen LogP contribution in [0.15, 0.2) is 18.2 Å². The minimum absolute atomic E-state index is 0.0449. The number of nitro benzene ring substituents is 1. The van der Waals surface area contributed by atoms with Gasteiger partial charge in [-0.25, -0.2) is 0 Å². The molecule has 0 spiro atoms. The quantitative estimate of drug-likeness (QED) is 0.668. The number of piperidine rings is 1. The second-order valence-electron chi connectivity index (χ2n) is 5.26. The largest absolute Gasteiger partial charge is 0.368 e. The van der Waals surface area contributed by atoms with Crippen molar-refractivity contribution in [3.05, 3.63) is 33.3 Å². The summed E-state index contributed by atoms with van der Waals surface area (Å²) in [6, 6.07) is 5.25. The maximum atomic E-state index is 10.7. The van der Waals surface area contributed by atoms with Crippen molar-refractivity contribution in [2.45, 2.75) is 18.9 Å². The molecule has 1 aromatic carbocycles. The highest BCUT2D eigenvalue weighted by molar-refractivity contribution is 6.33. The maximum Gasteiger partial charge on any atom is 0.271 e. The zero-order chi connectivity index (χ0) is 13.4. The molecule has 0 amide bonds. The Morgan fingerprint density at radius 2 is 2.26 bits per heavy atom. The third kappa shape index (κ3) is 2.40. The zero-order valence-electron chi connectivity index (χ0n) is 10.5. The average molecular weight is 282 g/mol. The van der Waals surface area contributed by atoms with Crippen LogP contribution in [0, 0.1) is 16.0 Å². The van der Waals surface area contributed by atoms with Gasteiger partial charge < -0.3 is 10.2 Å². The highest BCUT2D eigenvalue weighted by atomic mass is 35.5. The van der Waals surface area contributed by atoms with Crippen molar-refractivity contribution in [1.82, 2.24) is 5.32 Å². The standard InChI is InChI=1S/C13H16ClN3O2/c14-11-6-10(17(18)19)3-4-13(11)16-7-9-2-1-5-15-12(9)8-16/h3-4,6,9,12,15H,1-2,5,7-8H2/t9-,12+/m0/s1. The Morgan fingerprint density at radius 3 is 2.95 bits per heavy atom. The summed E-state index contributed by atoms with van der Waals surface area (Å²) >= 11 is 6.18. The Balaban J connectivity index is 1.81. The summed E-state index contributed by atoms with van der Waals surface area (Å²) in [6.45, 7) is 3.00. The SMILES string of the molecule is O=[N+]([O-])c1ccc(N2C[C@@H]3CCCN[C@@H]3C2)c(Cl)c1. The van der Waals surface area contributed by atoms with Gasteiger partial charge in [0.2, 0.25) is 0 Å². The van der Waals surface area contributed by atoms with Gasteiger partial charge in [-0.2, -0.15) is 0 Å². The molecule has 2 fully saturated rings. The molecule has 1 aromatic rings. The first-order valence-electron chi connectivity index (χ1n) is 6.57. The molecule has 0 aliphatic carbocycles. The van der Waals surface area contributed by atoms with Crippen LogP contribution in [0.1, 0.15) is 12.8 Å². The average Bonchev–Trinajstić information content (AvgIpc) is 2.81. The zero-order valence-corrected chi connectivity index (χ0v) is 11.3. The van der Waals surface area contributed by atoms with E-state index in [9.17, 15) is 10.1 Å². The first kappa shape index (κ1) is 12.7. The van der Waals surface area contributed by atoms with E-state index in [2.05, 4.69) is 10.2 Å². The van der Waals surface area contributed by atoms with Crippen LogP contribution < -0.4 is 10.2 Å². The Kier molecular flexibility index (Phi) is 3.33. The summed E-state index contributed by atoms with van der Waals surface area (Å²) < 4.78 is 0. The fraction of sp³-hybridized carbons (Fsp3) is 0.538. The van der Waals surface area contributed by atoms with Crippen molar-refractivity contribution >= 4 is 23.0 Å². The van der Waals surface area contributed by atoms with Gasteiger partial charge >= 0.3 is 0 Å². The van der Waals surface area contributed by atoms with E-state index < -0.39 is 4.92 Å². The van der Waals surface area contributed by atoms with Gasteiger partial charge in [-0.05, 0) is 31.4 Å². The third-order valence-corrected chi connectivity index (χ3v) is 4.38. The van der Waals surface area contributed by atoms with E-state index in [1.165, 1.54) is 25.0 Å². The van der Waals surface area contributed by atoms with E-state index in [-0.39, 0.29) is 5.69 Å². The van der Waals surface area contributed by atoms with E-state index in [4.69, 9.17) is 11.6 Å². The van der Waals surface area contributed by atoms with E-state index in [1.54, 1.807) is 6.07 Å². The molecule has 0 saturated carbocycles. The normalized spacial score (nSPS) is 26.3. The van der Waals surface area contributed by atoms with E-state index in [0.717, 1.165) is 25.3 Å². The van der Waals surface area contributed by atoms with Gasteiger partial charge in [0.1, 0.15) is 0 Å². The molecular weight excluding hydrogens is 266 g/mol. The summed E-state index contributed by atoms with van der Waals surface area (Å²) in [7, 11) is 0. The Hall–Kier alpha value is -1.33. The molecule has 5 nitrogen and oxygen atoms in total. The lowest BCUT2D eigenvalue weighted by Gasteiger charge is -2.24. The fourth-order valence-corrected chi connectivity index (χ4v) is 3.40. The molecule has 1 N–H and O–H groups in total. The molecule has 0 radical (unpaired) electrons. The van der Waals surface area contributed by atoms with Crippen molar-refractivity contribution in [1.29, 1.82) is 0 Å². The highest BCUT2D eigenvalue weighted by Gasteiger charge is 2.35. The van der Waals surface area contributed by atoms with E-state index in [1.807, 2.05) is 0 Å². The Bertz CT molecular complexity index is 495. The summed E-state index contributed by atoms with van der Waals surface area (Å²) in [5.41, 5.74) is 0.951. The maximum absolute atomic E-state index is 10.7. The van der Waals surface area contributed by atoms with Crippen molar-refractivity contribution in [3.8, 4) is 0 Å². The molecule has 2 aliphatic rings. The number of hydrogen-bond acceptors (Lipinski definition) is 4. The van der Waals surface area contributed by atoms with Crippen LogP contribution in [-0.2, 0) is 0 Å². The van der Waals surface area contributed by atoms with Crippen LogP contribution in [0.3, 0.4) is 0 Å². The molecule has 2 heterocycles. The van der Waals surface area contributed by atoms with Crippen LogP contribution in [0.25, 0.3) is 0 Å². The number of nitro groups is 1. The molecule has 0 aromatic heterocycles. The minimum Gasteiger partial charge on any atom is -0.368 e. The summed E-state index contributed by atoms with van der Waals surface area (Å²) in [6.07, 6.45) is 2.47. The highest BCUT2D eigenvalue weighted by Crippen LogP contribution is 2.35. The van der Waals surface area contributed by atoms with Crippen LogP contribution in [0.5, 0.6) is 0 Å². The molecule has 102 valence electrons. The van der Waals surface area contributed by atoms with Crippen LogP contribution in [-0.4, -0.2) is 30.6 Å². The van der Waals surface area contributed by atoms with E-state index in [0.29, 0.717) is 17.0 Å². The number of non-ortho nitro benzene ring substituents is 1. The van der Waals surface area contributed by atoms with Crippen LogP contribution in [0.4, 0.5) is 11.4 Å². The number of halogens is 1. The van der Waals surface area contributed by atoms with Crippen molar-refractivity contribution < 1.29 is 4.92 Å². The number of anilines is 1. The second kappa shape index (κ2) is 4.98. The predicted octanol–water partition coefficient (Wildman–Crippen LogP) is 2.44. The van der Waals surface area contributed by atoms with E-state index >= 15 is 0 Å². The number of benzene rings is 1. The van der Waals surface area contributed by atoms with Gasteiger partial charge in [0.25, 0.3) is 5.69 Å². The number of nitrogens with zero attached hydrogens (tertiary/aromatic N) is 2. The Morgan fingerprint density at radius 1 is 1.42 bits per heavy atom. The smallest absolute Gasteiger partial charge is 0.271 e. The molecule has 0 unspecified atom stereocenters. The lowest BCUT2D eigenvalue weighted by Crippen LogP contribution is -2.40. The van der Waals surface area contributed by atoms with Crippen molar-refractivity contribution in [3.63, 3.8) is 0 Å². The lowest BCUT2D eigenvalue weighted by atomic mass is 9.94. The lowest BCUT2D eigenvalue weighted by molar-refractivity contribution is -0.384. The molecular formula is C13H16ClN3O2. The number of hydrogen-bond donors (Lipinski definition) is 1. The van der Waals surface area contributed by atoms with Gasteiger partial charge in [-0.3, -0.25) is 10.1 Å². The van der Waals surface area contributed by atoms with Gasteiger partial charge in [-0.15, -0.1) is 0 Å². The van der Waals surface area contributed by atoms with Gasteiger partial charge in [-0.1, -0.05) is 11.6 Å². The summed E-state index contributed by atoms with van der Waals surface area (Å²) in [5, 5.41) is 14.7. The molecule has 3 rings (SSSR count). The van der Waals surface area contributed by atoms with Gasteiger partial charge in [0.15, 0.2) is 0 Å². The predicted molar refractivity (Wildman–Crippen MR) is 74.8 cm³/mol. The molecule has 2 atom stereocenters. The molecule has 19 heavy (non-hydrogen) atoms. The topological polar surface area (TPSA) is 58.4 Å². The molecule has 2 aliphatic heterocycles. The van der Waals surface area contributed by atoms with Crippen LogP contribution >= 0.6 is 11.6 Å². The molecule has 0 bridgehead atoms. The fourth-order valence-electron chi connectivity index (χ4n) is 3.11. The van der Waals surface area contributed by atoms with Crippen LogP contribution in [0.2, 0.25) is 5.02 Å². The second-order valence-corrected chi connectivity index (χ2v) is 5.67. The van der Waals surface area contributed by atoms with Gasteiger partial charge in [0, 0.05) is 31.3 Å². The summed E-state index contributed by atoms with van der Waals surface area (Å²) in [4.78, 5) is 12.5. The number of fused-ring (bicyclic) bond motifs is 1. The molecule has 6 heteroatoms. The first-order valence-corrected chi connectivity index (χ1v) is 6.95.